The summed E-state index contributed by atoms with van der Waals surface area (Å²) in [6.45, 7) is 3.93. The van der Waals surface area contributed by atoms with Gasteiger partial charge in [0.25, 0.3) is 0 Å². The van der Waals surface area contributed by atoms with Gasteiger partial charge in [-0.05, 0) is 44.4 Å². The summed E-state index contributed by atoms with van der Waals surface area (Å²) >= 11 is 3.44. The van der Waals surface area contributed by atoms with E-state index in [4.69, 9.17) is 5.73 Å². The summed E-state index contributed by atoms with van der Waals surface area (Å²) in [5.41, 5.74) is 6.84. The van der Waals surface area contributed by atoms with Crippen LogP contribution in [-0.2, 0) is 11.2 Å². The molecule has 0 radical (unpaired) electrons. The maximum absolute atomic E-state index is 11.6. The van der Waals surface area contributed by atoms with Gasteiger partial charge >= 0.3 is 0 Å². The first kappa shape index (κ1) is 18.4. The van der Waals surface area contributed by atoms with E-state index in [1.807, 2.05) is 26.0 Å². The van der Waals surface area contributed by atoms with Crippen LogP contribution >= 0.6 is 28.3 Å². The maximum atomic E-state index is 11.6. The Balaban J connectivity index is 0.00000324. The monoisotopic (exact) mass is 348 g/mol. The Hall–Kier alpha value is -0.580. The van der Waals surface area contributed by atoms with Gasteiger partial charge in [-0.3, -0.25) is 4.79 Å². The van der Waals surface area contributed by atoms with Gasteiger partial charge in [-0.1, -0.05) is 28.1 Å². The van der Waals surface area contributed by atoms with E-state index < -0.39 is 0 Å². The lowest BCUT2D eigenvalue weighted by Gasteiger charge is -2.14. The van der Waals surface area contributed by atoms with E-state index in [1.54, 1.807) is 0 Å². The van der Waals surface area contributed by atoms with Crippen LogP contribution in [0.4, 0.5) is 0 Å². The summed E-state index contributed by atoms with van der Waals surface area (Å²) in [7, 11) is 0. The Morgan fingerprint density at radius 2 is 2.11 bits per heavy atom. The fraction of sp³-hybridized carbons (Fsp3) is 0.500. The molecule has 2 unspecified atom stereocenters. The lowest BCUT2D eigenvalue weighted by Crippen LogP contribution is -2.34. The van der Waals surface area contributed by atoms with Crippen LogP contribution in [0.5, 0.6) is 0 Å². The molecule has 1 rings (SSSR count). The minimum Gasteiger partial charge on any atom is -0.353 e. The second-order valence-corrected chi connectivity index (χ2v) is 5.73. The first-order chi connectivity index (χ1) is 8.47. The lowest BCUT2D eigenvalue weighted by atomic mass is 10.1. The number of rotatable bonds is 6. The molecule has 3 N–H and O–H groups in total. The number of hydrogen-bond acceptors (Lipinski definition) is 2. The van der Waals surface area contributed by atoms with Crippen LogP contribution in [0.3, 0.4) is 0 Å². The molecule has 0 bridgehead atoms. The number of benzene rings is 1. The summed E-state index contributed by atoms with van der Waals surface area (Å²) in [4.78, 5) is 11.6. The average molecular weight is 350 g/mol. The number of hydrogen-bond donors (Lipinski definition) is 2. The van der Waals surface area contributed by atoms with Crippen LogP contribution in [0, 0.1) is 0 Å². The van der Waals surface area contributed by atoms with Crippen molar-refractivity contribution in [3.8, 4) is 0 Å². The molecule has 0 saturated heterocycles. The molecule has 0 spiro atoms. The van der Waals surface area contributed by atoms with Crippen molar-refractivity contribution in [1.29, 1.82) is 0 Å². The minimum absolute atomic E-state index is 0. The molecule has 0 fully saturated rings. The van der Waals surface area contributed by atoms with Gasteiger partial charge in [-0.15, -0.1) is 12.4 Å². The number of amides is 1. The highest BCUT2D eigenvalue weighted by Crippen LogP contribution is 2.13. The van der Waals surface area contributed by atoms with Gasteiger partial charge in [0, 0.05) is 23.0 Å². The summed E-state index contributed by atoms with van der Waals surface area (Å²) in [6.07, 6.45) is 2.07. The van der Waals surface area contributed by atoms with Crippen LogP contribution in [0.25, 0.3) is 0 Å². The van der Waals surface area contributed by atoms with Gasteiger partial charge in [0.2, 0.25) is 5.91 Å². The van der Waals surface area contributed by atoms with Crippen LogP contribution in [-0.4, -0.2) is 18.0 Å². The van der Waals surface area contributed by atoms with Crippen molar-refractivity contribution in [3.05, 3.63) is 34.3 Å². The second-order valence-electron chi connectivity index (χ2n) is 4.82. The molecule has 0 aliphatic carbocycles. The molecule has 3 nitrogen and oxygen atoms in total. The van der Waals surface area contributed by atoms with Gasteiger partial charge < -0.3 is 11.1 Å². The normalized spacial score (nSPS) is 13.3. The molecule has 1 aromatic carbocycles. The molecule has 0 aliphatic heterocycles. The first-order valence-electron chi connectivity index (χ1n) is 6.26. The molecule has 0 saturated carbocycles. The molecule has 19 heavy (non-hydrogen) atoms. The molecular formula is C14H22BrClN2O. The molecule has 0 heterocycles. The molecule has 1 amide bonds. The van der Waals surface area contributed by atoms with E-state index in [9.17, 15) is 4.79 Å². The maximum Gasteiger partial charge on any atom is 0.220 e. The average Bonchev–Trinajstić information content (AvgIpc) is 2.26. The fourth-order valence-corrected chi connectivity index (χ4v) is 2.22. The van der Waals surface area contributed by atoms with Crippen molar-refractivity contribution >= 4 is 34.2 Å². The Kier molecular flexibility index (Phi) is 9.06. The Morgan fingerprint density at radius 1 is 1.42 bits per heavy atom. The number of halogens is 2. The third kappa shape index (κ3) is 8.24. The van der Waals surface area contributed by atoms with E-state index in [-0.39, 0.29) is 30.4 Å². The first-order valence-corrected chi connectivity index (χ1v) is 7.06. The van der Waals surface area contributed by atoms with Crippen molar-refractivity contribution in [2.45, 2.75) is 45.2 Å². The second kappa shape index (κ2) is 9.34. The summed E-state index contributed by atoms with van der Waals surface area (Å²) < 4.78 is 1.07. The van der Waals surface area contributed by atoms with Gasteiger partial charge in [0.1, 0.15) is 0 Å². The van der Waals surface area contributed by atoms with Crippen molar-refractivity contribution < 1.29 is 4.79 Å². The molecule has 0 aliphatic rings. The van der Waals surface area contributed by atoms with Gasteiger partial charge in [0.05, 0.1) is 0 Å². The largest absolute Gasteiger partial charge is 0.353 e. The summed E-state index contributed by atoms with van der Waals surface area (Å²) in [6, 6.07) is 8.36. The van der Waals surface area contributed by atoms with Gasteiger partial charge in [-0.25, -0.2) is 0 Å². The Bertz CT molecular complexity index is 399. The zero-order valence-electron chi connectivity index (χ0n) is 11.4. The smallest absolute Gasteiger partial charge is 0.220 e. The predicted molar refractivity (Wildman–Crippen MR) is 85.6 cm³/mol. The molecule has 108 valence electrons. The SMILES string of the molecule is CC(N)CCC(=O)NC(C)Cc1cccc(Br)c1.Cl. The predicted octanol–water partition coefficient (Wildman–Crippen LogP) is 3.05. The molecule has 2 atom stereocenters. The van der Waals surface area contributed by atoms with E-state index in [1.165, 1.54) is 5.56 Å². The Morgan fingerprint density at radius 3 is 2.68 bits per heavy atom. The van der Waals surface area contributed by atoms with E-state index in [2.05, 4.69) is 33.4 Å². The Labute approximate surface area is 129 Å². The third-order valence-corrected chi connectivity index (χ3v) is 3.16. The van der Waals surface area contributed by atoms with Crippen LogP contribution in [0.1, 0.15) is 32.3 Å². The highest BCUT2D eigenvalue weighted by Gasteiger charge is 2.09. The topological polar surface area (TPSA) is 55.1 Å². The lowest BCUT2D eigenvalue weighted by molar-refractivity contribution is -0.121. The van der Waals surface area contributed by atoms with Crippen molar-refractivity contribution in [1.82, 2.24) is 5.32 Å². The number of nitrogens with one attached hydrogen (secondary N) is 1. The van der Waals surface area contributed by atoms with E-state index >= 15 is 0 Å². The fourth-order valence-electron chi connectivity index (χ4n) is 1.77. The van der Waals surface area contributed by atoms with Crippen LogP contribution < -0.4 is 11.1 Å². The highest BCUT2D eigenvalue weighted by atomic mass is 79.9. The molecular weight excluding hydrogens is 328 g/mol. The quantitative estimate of drug-likeness (QED) is 0.829. The van der Waals surface area contributed by atoms with Crippen molar-refractivity contribution in [3.63, 3.8) is 0 Å². The van der Waals surface area contributed by atoms with Crippen molar-refractivity contribution in [2.24, 2.45) is 5.73 Å². The standard InChI is InChI=1S/C14H21BrN2O.ClH/c1-10(16)6-7-14(18)17-11(2)8-12-4-3-5-13(15)9-12;/h3-5,9-11H,6-8,16H2,1-2H3,(H,17,18);1H. The number of carbonyl (C=O) groups excluding carboxylic acids is 1. The van der Waals surface area contributed by atoms with Gasteiger partial charge in [0.15, 0.2) is 0 Å². The van der Waals surface area contributed by atoms with Gasteiger partial charge in [-0.2, -0.15) is 0 Å². The summed E-state index contributed by atoms with van der Waals surface area (Å²) in [5, 5.41) is 2.99. The number of carbonyl (C=O) groups is 1. The van der Waals surface area contributed by atoms with E-state index in [0.717, 1.165) is 17.3 Å². The van der Waals surface area contributed by atoms with Crippen LogP contribution in [0.2, 0.25) is 0 Å². The zero-order valence-corrected chi connectivity index (χ0v) is 13.8. The summed E-state index contributed by atoms with van der Waals surface area (Å²) in [5.74, 6) is 0.0785. The third-order valence-electron chi connectivity index (χ3n) is 2.67. The van der Waals surface area contributed by atoms with Crippen molar-refractivity contribution in [2.75, 3.05) is 0 Å². The molecule has 5 heteroatoms. The van der Waals surface area contributed by atoms with Crippen LogP contribution in [0.15, 0.2) is 28.7 Å². The molecule has 1 aromatic rings. The molecule has 0 aromatic heterocycles. The zero-order chi connectivity index (χ0) is 13.5. The minimum atomic E-state index is 0. The number of nitrogens with two attached hydrogens (primary N) is 1. The highest BCUT2D eigenvalue weighted by molar-refractivity contribution is 9.10. The van der Waals surface area contributed by atoms with E-state index in [0.29, 0.717) is 6.42 Å².